The molecule has 3 aromatic rings. The summed E-state index contributed by atoms with van der Waals surface area (Å²) in [6.45, 7) is 8.63. The molecule has 1 N–H and O–H groups in total. The van der Waals surface area contributed by atoms with E-state index in [-0.39, 0.29) is 17.1 Å². The van der Waals surface area contributed by atoms with Crippen LogP contribution in [-0.4, -0.2) is 15.5 Å². The SMILES string of the molecule is Cc1cc2c(nc1NC(=O)CC(C)(C)C)c(Br)cn2Cc1ccc(F)cc1. The van der Waals surface area contributed by atoms with Gasteiger partial charge in [-0.2, -0.15) is 0 Å². The van der Waals surface area contributed by atoms with Gasteiger partial charge in [0.25, 0.3) is 0 Å². The molecule has 4 nitrogen and oxygen atoms in total. The molecule has 0 saturated heterocycles. The maximum absolute atomic E-state index is 13.1. The Balaban J connectivity index is 1.91. The van der Waals surface area contributed by atoms with Crippen LogP contribution in [0.1, 0.15) is 38.3 Å². The van der Waals surface area contributed by atoms with Crippen LogP contribution in [0.25, 0.3) is 11.0 Å². The number of hydrogen-bond donors (Lipinski definition) is 1. The van der Waals surface area contributed by atoms with Crippen molar-refractivity contribution in [3.63, 3.8) is 0 Å². The zero-order valence-corrected chi connectivity index (χ0v) is 17.5. The smallest absolute Gasteiger partial charge is 0.226 e. The summed E-state index contributed by atoms with van der Waals surface area (Å²) >= 11 is 3.56. The van der Waals surface area contributed by atoms with Crippen LogP contribution in [0.2, 0.25) is 0 Å². The molecule has 0 atom stereocenters. The summed E-state index contributed by atoms with van der Waals surface area (Å²) in [5.74, 6) is 0.293. The van der Waals surface area contributed by atoms with E-state index in [0.29, 0.717) is 18.8 Å². The van der Waals surface area contributed by atoms with Crippen molar-refractivity contribution in [2.24, 2.45) is 5.41 Å². The summed E-state index contributed by atoms with van der Waals surface area (Å²) in [6, 6.07) is 8.49. The number of carbonyl (C=O) groups is 1. The molecule has 0 radical (unpaired) electrons. The second-order valence-corrected chi connectivity index (χ2v) is 8.89. The molecule has 6 heteroatoms. The van der Waals surface area contributed by atoms with Gasteiger partial charge in [-0.05, 0) is 57.6 Å². The number of anilines is 1. The van der Waals surface area contributed by atoms with Gasteiger partial charge in [0.05, 0.1) is 9.99 Å². The highest BCUT2D eigenvalue weighted by Crippen LogP contribution is 2.29. The van der Waals surface area contributed by atoms with Crippen molar-refractivity contribution in [2.45, 2.75) is 40.7 Å². The minimum absolute atomic E-state index is 0.0423. The summed E-state index contributed by atoms with van der Waals surface area (Å²) in [5.41, 5.74) is 3.56. The van der Waals surface area contributed by atoms with Crippen molar-refractivity contribution < 1.29 is 9.18 Å². The van der Waals surface area contributed by atoms with E-state index in [0.717, 1.165) is 26.6 Å². The maximum atomic E-state index is 13.1. The standard InChI is InChI=1S/C21H23BrFN3O/c1-13-9-17-19(25-20(13)24-18(27)10-21(2,3)4)16(22)12-26(17)11-14-5-7-15(23)8-6-14/h5-9,12H,10-11H2,1-4H3,(H,24,25,27). The molecule has 2 aromatic heterocycles. The lowest BCUT2D eigenvalue weighted by atomic mass is 9.92. The molecule has 1 aromatic carbocycles. The Morgan fingerprint density at radius 2 is 1.93 bits per heavy atom. The number of amides is 1. The molecule has 0 saturated carbocycles. The molecule has 0 aliphatic carbocycles. The second-order valence-electron chi connectivity index (χ2n) is 8.04. The first-order chi connectivity index (χ1) is 12.6. The van der Waals surface area contributed by atoms with E-state index in [4.69, 9.17) is 0 Å². The second kappa shape index (κ2) is 7.43. The van der Waals surface area contributed by atoms with Crippen LogP contribution >= 0.6 is 15.9 Å². The lowest BCUT2D eigenvalue weighted by molar-refractivity contribution is -0.117. The van der Waals surface area contributed by atoms with Crippen LogP contribution in [0.15, 0.2) is 41.0 Å². The molecule has 142 valence electrons. The van der Waals surface area contributed by atoms with Gasteiger partial charge in [0, 0.05) is 19.2 Å². The van der Waals surface area contributed by atoms with E-state index in [1.807, 2.05) is 40.0 Å². The van der Waals surface area contributed by atoms with Crippen LogP contribution in [-0.2, 0) is 11.3 Å². The number of benzene rings is 1. The van der Waals surface area contributed by atoms with Gasteiger partial charge in [0.15, 0.2) is 0 Å². The van der Waals surface area contributed by atoms with Crippen molar-refractivity contribution >= 4 is 38.7 Å². The Hall–Kier alpha value is -2.21. The molecule has 3 rings (SSSR count). The highest BCUT2D eigenvalue weighted by molar-refractivity contribution is 9.10. The van der Waals surface area contributed by atoms with E-state index < -0.39 is 0 Å². The first kappa shape index (κ1) is 19.5. The maximum Gasteiger partial charge on any atom is 0.226 e. The van der Waals surface area contributed by atoms with Gasteiger partial charge in [-0.1, -0.05) is 32.9 Å². The number of nitrogens with one attached hydrogen (secondary N) is 1. The quantitative estimate of drug-likeness (QED) is 0.578. The average molecular weight is 432 g/mol. The number of fused-ring (bicyclic) bond motifs is 1. The average Bonchev–Trinajstić information content (AvgIpc) is 2.84. The largest absolute Gasteiger partial charge is 0.341 e. The van der Waals surface area contributed by atoms with E-state index >= 15 is 0 Å². The number of carbonyl (C=O) groups excluding carboxylic acids is 1. The van der Waals surface area contributed by atoms with Gasteiger partial charge in [-0.15, -0.1) is 0 Å². The van der Waals surface area contributed by atoms with Gasteiger partial charge in [0.1, 0.15) is 17.2 Å². The number of aromatic nitrogens is 2. The lowest BCUT2D eigenvalue weighted by Gasteiger charge is -2.17. The molecule has 27 heavy (non-hydrogen) atoms. The molecule has 0 aliphatic rings. The predicted molar refractivity (Wildman–Crippen MR) is 110 cm³/mol. The molecular weight excluding hydrogens is 409 g/mol. The fourth-order valence-electron chi connectivity index (χ4n) is 2.96. The Kier molecular flexibility index (Phi) is 5.38. The summed E-state index contributed by atoms with van der Waals surface area (Å²) in [4.78, 5) is 16.9. The number of pyridine rings is 1. The van der Waals surface area contributed by atoms with Gasteiger partial charge in [0.2, 0.25) is 5.91 Å². The van der Waals surface area contributed by atoms with E-state index in [9.17, 15) is 9.18 Å². The van der Waals surface area contributed by atoms with Gasteiger partial charge in [-0.25, -0.2) is 9.37 Å². The van der Waals surface area contributed by atoms with Crippen LogP contribution in [0.3, 0.4) is 0 Å². The highest BCUT2D eigenvalue weighted by Gasteiger charge is 2.18. The van der Waals surface area contributed by atoms with Gasteiger partial charge < -0.3 is 9.88 Å². The van der Waals surface area contributed by atoms with Crippen LogP contribution in [0.5, 0.6) is 0 Å². The fraction of sp³-hybridized carbons (Fsp3) is 0.333. The number of nitrogens with zero attached hydrogens (tertiary/aromatic N) is 2. The van der Waals surface area contributed by atoms with Crippen molar-refractivity contribution in [1.82, 2.24) is 9.55 Å². The predicted octanol–water partition coefficient (Wildman–Crippen LogP) is 5.67. The number of rotatable bonds is 4. The third-order valence-corrected chi connectivity index (χ3v) is 4.79. The van der Waals surface area contributed by atoms with Crippen molar-refractivity contribution in [1.29, 1.82) is 0 Å². The third kappa shape index (κ3) is 4.75. The summed E-state index contributed by atoms with van der Waals surface area (Å²) in [6.07, 6.45) is 2.39. The van der Waals surface area contributed by atoms with E-state index in [2.05, 4.69) is 30.8 Å². The topological polar surface area (TPSA) is 46.9 Å². The normalized spacial score (nSPS) is 11.8. The Bertz CT molecular complexity index is 987. The molecule has 0 bridgehead atoms. The van der Waals surface area contributed by atoms with E-state index in [1.54, 1.807) is 12.1 Å². The molecular formula is C21H23BrFN3O. The lowest BCUT2D eigenvalue weighted by Crippen LogP contribution is -2.20. The molecule has 0 aliphatic heterocycles. The number of hydrogen-bond acceptors (Lipinski definition) is 2. The minimum Gasteiger partial charge on any atom is -0.341 e. The molecule has 0 unspecified atom stereocenters. The van der Waals surface area contributed by atoms with Crippen molar-refractivity contribution in [2.75, 3.05) is 5.32 Å². The van der Waals surface area contributed by atoms with E-state index in [1.165, 1.54) is 12.1 Å². The number of halogens is 2. The molecule has 2 heterocycles. The zero-order valence-electron chi connectivity index (χ0n) is 15.9. The van der Waals surface area contributed by atoms with Crippen LogP contribution in [0.4, 0.5) is 10.2 Å². The fourth-order valence-corrected chi connectivity index (χ4v) is 3.50. The Morgan fingerprint density at radius 1 is 1.26 bits per heavy atom. The third-order valence-electron chi connectivity index (χ3n) is 4.21. The molecule has 0 fully saturated rings. The van der Waals surface area contributed by atoms with Gasteiger partial charge in [-0.3, -0.25) is 4.79 Å². The molecule has 0 spiro atoms. The summed E-state index contributed by atoms with van der Waals surface area (Å²) in [7, 11) is 0. The Morgan fingerprint density at radius 3 is 2.56 bits per heavy atom. The first-order valence-corrected chi connectivity index (χ1v) is 9.62. The Labute approximate surface area is 166 Å². The van der Waals surface area contributed by atoms with Crippen LogP contribution < -0.4 is 5.32 Å². The van der Waals surface area contributed by atoms with Gasteiger partial charge >= 0.3 is 0 Å². The number of aryl methyl sites for hydroxylation is 1. The van der Waals surface area contributed by atoms with Crippen molar-refractivity contribution in [3.05, 3.63) is 57.9 Å². The van der Waals surface area contributed by atoms with Crippen LogP contribution in [0, 0.1) is 18.2 Å². The zero-order chi connectivity index (χ0) is 19.8. The monoisotopic (exact) mass is 431 g/mol. The summed E-state index contributed by atoms with van der Waals surface area (Å²) < 4.78 is 16.0. The minimum atomic E-state index is -0.245. The van der Waals surface area contributed by atoms with Crippen molar-refractivity contribution in [3.8, 4) is 0 Å². The highest BCUT2D eigenvalue weighted by atomic mass is 79.9. The molecule has 1 amide bonds. The first-order valence-electron chi connectivity index (χ1n) is 8.83. The summed E-state index contributed by atoms with van der Waals surface area (Å²) in [5, 5.41) is 2.93.